The van der Waals surface area contributed by atoms with Gasteiger partial charge in [-0.3, -0.25) is 4.79 Å². The number of carbonyl (C=O) groups excluding carboxylic acids is 1. The van der Waals surface area contributed by atoms with Gasteiger partial charge in [-0.15, -0.1) is 11.3 Å². The van der Waals surface area contributed by atoms with Crippen LogP contribution in [0.25, 0.3) is 0 Å². The van der Waals surface area contributed by atoms with Gasteiger partial charge < -0.3 is 4.90 Å². The number of likely N-dealkylation sites (tertiary alicyclic amines) is 1. The number of hydrogen-bond acceptors (Lipinski definition) is 5. The molecule has 0 aromatic carbocycles. The Bertz CT molecular complexity index is 697. The lowest BCUT2D eigenvalue weighted by atomic mass is 9.94. The zero-order valence-electron chi connectivity index (χ0n) is 13.2. The molecule has 3 heterocycles. The van der Waals surface area contributed by atoms with Crippen molar-refractivity contribution in [2.24, 2.45) is 0 Å². The Labute approximate surface area is 134 Å². The molecule has 6 heteroatoms. The molecule has 3 rings (SSSR count). The molecule has 0 aliphatic carbocycles. The Kier molecular flexibility index (Phi) is 4.20. The predicted molar refractivity (Wildman–Crippen MR) is 86.2 cm³/mol. The van der Waals surface area contributed by atoms with Crippen molar-refractivity contribution in [3.05, 3.63) is 39.4 Å². The van der Waals surface area contributed by atoms with E-state index in [2.05, 4.69) is 15.0 Å². The van der Waals surface area contributed by atoms with E-state index in [0.717, 1.165) is 53.0 Å². The Morgan fingerprint density at radius 1 is 1.32 bits per heavy atom. The zero-order chi connectivity index (χ0) is 15.7. The van der Waals surface area contributed by atoms with Gasteiger partial charge in [0.15, 0.2) is 0 Å². The van der Waals surface area contributed by atoms with Crippen LogP contribution in [0.4, 0.5) is 0 Å². The molecular formula is C16H20N4OS. The Morgan fingerprint density at radius 3 is 2.82 bits per heavy atom. The fraction of sp³-hybridized carbons (Fsp3) is 0.500. The van der Waals surface area contributed by atoms with Crippen molar-refractivity contribution in [3.63, 3.8) is 0 Å². The van der Waals surface area contributed by atoms with Crippen LogP contribution < -0.4 is 0 Å². The van der Waals surface area contributed by atoms with Gasteiger partial charge in [-0.05, 0) is 39.7 Å². The number of piperidine rings is 1. The van der Waals surface area contributed by atoms with E-state index in [0.29, 0.717) is 5.92 Å². The maximum absolute atomic E-state index is 12.7. The lowest BCUT2D eigenvalue weighted by Crippen LogP contribution is -2.39. The summed E-state index contributed by atoms with van der Waals surface area (Å²) in [5, 5.41) is 0.945. The highest BCUT2D eigenvalue weighted by Crippen LogP contribution is 2.28. The van der Waals surface area contributed by atoms with E-state index in [1.54, 1.807) is 6.20 Å². The third-order valence-electron chi connectivity index (χ3n) is 4.02. The zero-order valence-corrected chi connectivity index (χ0v) is 14.0. The third-order valence-corrected chi connectivity index (χ3v) is 5.08. The number of aromatic nitrogens is 3. The van der Waals surface area contributed by atoms with Gasteiger partial charge in [0.1, 0.15) is 10.7 Å². The molecule has 116 valence electrons. The van der Waals surface area contributed by atoms with Crippen molar-refractivity contribution in [2.75, 3.05) is 13.1 Å². The quantitative estimate of drug-likeness (QED) is 0.855. The van der Waals surface area contributed by atoms with Gasteiger partial charge in [0.2, 0.25) is 0 Å². The van der Waals surface area contributed by atoms with Crippen molar-refractivity contribution in [2.45, 2.75) is 39.5 Å². The summed E-state index contributed by atoms with van der Waals surface area (Å²) in [6.45, 7) is 7.29. The fourth-order valence-corrected chi connectivity index (χ4v) is 3.87. The van der Waals surface area contributed by atoms with Crippen LogP contribution in [-0.4, -0.2) is 38.8 Å². The molecule has 1 amide bonds. The summed E-state index contributed by atoms with van der Waals surface area (Å²) in [5.74, 6) is 1.20. The number of rotatable bonds is 2. The van der Waals surface area contributed by atoms with Crippen molar-refractivity contribution in [1.82, 2.24) is 19.9 Å². The van der Waals surface area contributed by atoms with Crippen LogP contribution in [0.1, 0.15) is 50.7 Å². The minimum atomic E-state index is 0.110. The fourth-order valence-electron chi connectivity index (χ4n) is 2.98. The molecule has 0 radical (unpaired) electrons. The third kappa shape index (κ3) is 3.02. The van der Waals surface area contributed by atoms with Crippen molar-refractivity contribution >= 4 is 17.2 Å². The van der Waals surface area contributed by atoms with E-state index < -0.39 is 0 Å². The molecule has 22 heavy (non-hydrogen) atoms. The van der Waals surface area contributed by atoms with Gasteiger partial charge in [0, 0.05) is 30.9 Å². The molecule has 1 saturated heterocycles. The van der Waals surface area contributed by atoms with Crippen LogP contribution >= 0.6 is 11.3 Å². The summed E-state index contributed by atoms with van der Waals surface area (Å²) in [6.07, 6.45) is 3.88. The van der Waals surface area contributed by atoms with Gasteiger partial charge >= 0.3 is 0 Å². The van der Waals surface area contributed by atoms with Crippen LogP contribution in [0.2, 0.25) is 0 Å². The molecular weight excluding hydrogens is 296 g/mol. The first kappa shape index (κ1) is 15.1. The van der Waals surface area contributed by atoms with E-state index in [-0.39, 0.29) is 5.91 Å². The van der Waals surface area contributed by atoms with Crippen LogP contribution in [0.3, 0.4) is 0 Å². The number of aryl methyl sites for hydroxylation is 3. The summed E-state index contributed by atoms with van der Waals surface area (Å²) in [4.78, 5) is 28.5. The van der Waals surface area contributed by atoms with Gasteiger partial charge in [-0.2, -0.15) is 0 Å². The molecule has 1 aliphatic heterocycles. The number of nitrogens with zero attached hydrogens (tertiary/aromatic N) is 4. The lowest BCUT2D eigenvalue weighted by Gasteiger charge is -2.32. The molecule has 1 fully saturated rings. The monoisotopic (exact) mass is 316 g/mol. The average molecular weight is 316 g/mol. The molecule has 0 spiro atoms. The number of amides is 1. The minimum Gasteiger partial charge on any atom is -0.337 e. The first-order valence-corrected chi connectivity index (χ1v) is 8.39. The molecule has 2 aromatic rings. The topological polar surface area (TPSA) is 59.0 Å². The van der Waals surface area contributed by atoms with Crippen LogP contribution in [0, 0.1) is 20.8 Å². The van der Waals surface area contributed by atoms with Gasteiger partial charge in [0.05, 0.1) is 10.7 Å². The van der Waals surface area contributed by atoms with Crippen molar-refractivity contribution < 1.29 is 4.79 Å². The van der Waals surface area contributed by atoms with E-state index in [9.17, 15) is 4.79 Å². The van der Waals surface area contributed by atoms with E-state index >= 15 is 0 Å². The molecule has 0 saturated carbocycles. The average Bonchev–Trinajstić information content (AvgIpc) is 2.85. The smallest absolute Gasteiger partial charge is 0.265 e. The van der Waals surface area contributed by atoms with E-state index in [1.807, 2.05) is 31.7 Å². The van der Waals surface area contributed by atoms with Crippen LogP contribution in [0.5, 0.6) is 0 Å². The highest BCUT2D eigenvalue weighted by atomic mass is 32.1. The normalized spacial score (nSPS) is 18.5. The van der Waals surface area contributed by atoms with E-state index in [1.165, 1.54) is 11.3 Å². The lowest BCUT2D eigenvalue weighted by molar-refractivity contribution is 0.0710. The van der Waals surface area contributed by atoms with Crippen molar-refractivity contribution in [1.29, 1.82) is 0 Å². The Balaban J connectivity index is 1.78. The molecule has 1 aliphatic rings. The molecule has 5 nitrogen and oxygen atoms in total. The summed E-state index contributed by atoms with van der Waals surface area (Å²) in [6, 6.07) is 1.97. The molecule has 1 atom stereocenters. The predicted octanol–water partition coefficient (Wildman–Crippen LogP) is 2.88. The largest absolute Gasteiger partial charge is 0.337 e. The molecule has 0 N–H and O–H groups in total. The second kappa shape index (κ2) is 6.12. The molecule has 1 unspecified atom stereocenters. The number of carbonyl (C=O) groups is 1. The first-order valence-electron chi connectivity index (χ1n) is 7.57. The SMILES string of the molecule is Cc1nccc(C2CCCN(C(=O)c3sc(C)nc3C)C2)n1. The molecule has 0 bridgehead atoms. The van der Waals surface area contributed by atoms with Crippen molar-refractivity contribution in [3.8, 4) is 0 Å². The summed E-state index contributed by atoms with van der Waals surface area (Å²) in [5.41, 5.74) is 1.88. The first-order chi connectivity index (χ1) is 10.5. The summed E-state index contributed by atoms with van der Waals surface area (Å²) < 4.78 is 0. The van der Waals surface area contributed by atoms with Gasteiger partial charge in [-0.25, -0.2) is 15.0 Å². The number of hydrogen-bond donors (Lipinski definition) is 0. The Morgan fingerprint density at radius 2 is 2.14 bits per heavy atom. The summed E-state index contributed by atoms with van der Waals surface area (Å²) in [7, 11) is 0. The second-order valence-corrected chi connectivity index (χ2v) is 6.97. The standard InChI is InChI=1S/C16H20N4OS/c1-10-15(22-12(3)18-10)16(21)20-8-4-5-13(9-20)14-6-7-17-11(2)19-14/h6-7,13H,4-5,8-9H2,1-3H3. The Hall–Kier alpha value is -1.82. The van der Waals surface area contributed by atoms with Gasteiger partial charge in [0.25, 0.3) is 5.91 Å². The maximum atomic E-state index is 12.7. The second-order valence-electron chi connectivity index (χ2n) is 5.77. The minimum absolute atomic E-state index is 0.110. The van der Waals surface area contributed by atoms with Gasteiger partial charge in [-0.1, -0.05) is 0 Å². The molecule has 2 aromatic heterocycles. The highest BCUT2D eigenvalue weighted by Gasteiger charge is 2.28. The van der Waals surface area contributed by atoms with Crippen LogP contribution in [-0.2, 0) is 0 Å². The van der Waals surface area contributed by atoms with E-state index in [4.69, 9.17) is 0 Å². The number of thiazole rings is 1. The highest BCUT2D eigenvalue weighted by molar-refractivity contribution is 7.13. The summed E-state index contributed by atoms with van der Waals surface area (Å²) >= 11 is 1.49. The maximum Gasteiger partial charge on any atom is 0.265 e. The van der Waals surface area contributed by atoms with Crippen LogP contribution in [0.15, 0.2) is 12.3 Å².